The van der Waals surface area contributed by atoms with E-state index in [4.69, 9.17) is 0 Å². The predicted octanol–water partition coefficient (Wildman–Crippen LogP) is 1.38. The monoisotopic (exact) mass is 268 g/mol. The molecule has 1 unspecified atom stereocenters. The Morgan fingerprint density at radius 3 is 2.72 bits per heavy atom. The van der Waals surface area contributed by atoms with E-state index in [1.165, 1.54) is 17.0 Å². The van der Waals surface area contributed by atoms with Gasteiger partial charge in [-0.1, -0.05) is 18.2 Å². The van der Waals surface area contributed by atoms with Gasteiger partial charge in [-0.05, 0) is 37.4 Å². The van der Waals surface area contributed by atoms with Gasteiger partial charge in [0.2, 0.25) is 10.0 Å². The van der Waals surface area contributed by atoms with Gasteiger partial charge in [0.25, 0.3) is 0 Å². The van der Waals surface area contributed by atoms with Crippen molar-refractivity contribution in [3.8, 4) is 0 Å². The highest BCUT2D eigenvalue weighted by Crippen LogP contribution is 2.24. The molecule has 5 heteroatoms. The number of para-hydroxylation sites is 1. The molecule has 0 spiro atoms. The molecular weight excluding hydrogens is 248 g/mol. The van der Waals surface area contributed by atoms with Gasteiger partial charge < -0.3 is 5.32 Å². The molecule has 4 nitrogen and oxygen atoms in total. The van der Waals surface area contributed by atoms with E-state index < -0.39 is 10.0 Å². The second kappa shape index (κ2) is 5.28. The maximum Gasteiger partial charge on any atom is 0.232 e. The van der Waals surface area contributed by atoms with Crippen LogP contribution in [0.2, 0.25) is 0 Å². The average Bonchev–Trinajstić information content (AvgIpc) is 2.80. The van der Waals surface area contributed by atoms with Gasteiger partial charge in [-0.25, -0.2) is 8.42 Å². The van der Waals surface area contributed by atoms with Gasteiger partial charge in [0.1, 0.15) is 0 Å². The number of nitrogens with zero attached hydrogens (tertiary/aromatic N) is 1. The molecule has 1 heterocycles. The van der Waals surface area contributed by atoms with Crippen LogP contribution in [0.4, 0.5) is 5.69 Å². The predicted molar refractivity (Wildman–Crippen MR) is 74.4 cm³/mol. The molecule has 0 aromatic heterocycles. The van der Waals surface area contributed by atoms with Crippen LogP contribution in [0.15, 0.2) is 24.3 Å². The Labute approximate surface area is 109 Å². The summed E-state index contributed by atoms with van der Waals surface area (Å²) in [5.41, 5.74) is 1.87. The zero-order valence-electron chi connectivity index (χ0n) is 10.9. The topological polar surface area (TPSA) is 49.4 Å². The van der Waals surface area contributed by atoms with Gasteiger partial charge in [-0.15, -0.1) is 0 Å². The molecule has 1 aliphatic heterocycles. The first-order chi connectivity index (χ1) is 8.48. The van der Waals surface area contributed by atoms with E-state index in [-0.39, 0.29) is 0 Å². The summed E-state index contributed by atoms with van der Waals surface area (Å²) in [6.45, 7) is 1.06. The van der Waals surface area contributed by atoms with Gasteiger partial charge in [0.15, 0.2) is 0 Å². The van der Waals surface area contributed by atoms with Crippen LogP contribution in [0, 0.1) is 0 Å². The van der Waals surface area contributed by atoms with E-state index in [1.807, 2.05) is 24.3 Å². The lowest BCUT2D eigenvalue weighted by Gasteiger charge is -2.21. The quantitative estimate of drug-likeness (QED) is 0.897. The van der Waals surface area contributed by atoms with Crippen LogP contribution in [0.5, 0.6) is 0 Å². The van der Waals surface area contributed by atoms with E-state index in [0.29, 0.717) is 6.04 Å². The lowest BCUT2D eigenvalue weighted by molar-refractivity contribution is 0.596. The Kier molecular flexibility index (Phi) is 3.92. The minimum atomic E-state index is -3.20. The summed E-state index contributed by atoms with van der Waals surface area (Å²) in [5, 5.41) is 3.44. The van der Waals surface area contributed by atoms with Crippen LogP contribution >= 0.6 is 0 Å². The molecule has 0 radical (unpaired) electrons. The zero-order chi connectivity index (χ0) is 13.2. The van der Waals surface area contributed by atoms with Crippen molar-refractivity contribution in [2.24, 2.45) is 0 Å². The molecular formula is C13H20N2O2S. The van der Waals surface area contributed by atoms with Crippen molar-refractivity contribution >= 4 is 15.7 Å². The van der Waals surface area contributed by atoms with Gasteiger partial charge in [-0.2, -0.15) is 0 Å². The van der Waals surface area contributed by atoms with Crippen molar-refractivity contribution in [3.63, 3.8) is 0 Å². The van der Waals surface area contributed by atoms with Gasteiger partial charge in [-0.3, -0.25) is 4.31 Å². The number of rotatable bonds is 4. The van der Waals surface area contributed by atoms with Crippen molar-refractivity contribution < 1.29 is 8.42 Å². The first-order valence-corrected chi connectivity index (χ1v) is 8.08. The number of sulfonamides is 1. The van der Waals surface area contributed by atoms with Crippen LogP contribution in [-0.2, 0) is 16.4 Å². The second-order valence-corrected chi connectivity index (χ2v) is 6.87. The Balaban J connectivity index is 2.24. The van der Waals surface area contributed by atoms with Crippen LogP contribution < -0.4 is 9.62 Å². The summed E-state index contributed by atoms with van der Waals surface area (Å²) in [7, 11) is -1.59. The summed E-state index contributed by atoms with van der Waals surface area (Å²) in [4.78, 5) is 0. The lowest BCUT2D eigenvalue weighted by Crippen LogP contribution is -2.28. The van der Waals surface area contributed by atoms with E-state index >= 15 is 0 Å². The maximum absolute atomic E-state index is 11.6. The van der Waals surface area contributed by atoms with Crippen molar-refractivity contribution in [2.75, 3.05) is 24.2 Å². The molecule has 1 fully saturated rings. The standard InChI is InChI=1S/C13H20N2O2S/c1-15(18(2,16)17)13-8-4-3-6-11(13)10-12-7-5-9-14-12/h3-4,6,8,12,14H,5,7,9-10H2,1-2H3. The third-order valence-electron chi connectivity index (χ3n) is 3.46. The first kappa shape index (κ1) is 13.4. The third kappa shape index (κ3) is 3.03. The number of hydrogen-bond acceptors (Lipinski definition) is 3. The van der Waals surface area contributed by atoms with Crippen LogP contribution in [-0.4, -0.2) is 34.3 Å². The Morgan fingerprint density at radius 1 is 1.39 bits per heavy atom. The molecule has 18 heavy (non-hydrogen) atoms. The molecule has 1 saturated heterocycles. The summed E-state index contributed by atoms with van der Waals surface area (Å²) in [5.74, 6) is 0. The van der Waals surface area contributed by atoms with Crippen LogP contribution in [0.1, 0.15) is 18.4 Å². The number of hydrogen-bond donors (Lipinski definition) is 1. The van der Waals surface area contributed by atoms with Gasteiger partial charge in [0.05, 0.1) is 11.9 Å². The Morgan fingerprint density at radius 2 is 2.11 bits per heavy atom. The molecule has 0 bridgehead atoms. The van der Waals surface area contributed by atoms with Crippen molar-refractivity contribution in [1.82, 2.24) is 5.32 Å². The summed E-state index contributed by atoms with van der Waals surface area (Å²) in [6.07, 6.45) is 4.49. The van der Waals surface area contributed by atoms with E-state index in [9.17, 15) is 8.42 Å². The first-order valence-electron chi connectivity index (χ1n) is 6.23. The number of benzene rings is 1. The van der Waals surface area contributed by atoms with Gasteiger partial charge >= 0.3 is 0 Å². The fourth-order valence-electron chi connectivity index (χ4n) is 2.37. The molecule has 1 N–H and O–H groups in total. The second-order valence-electron chi connectivity index (χ2n) is 4.86. The van der Waals surface area contributed by atoms with Crippen molar-refractivity contribution in [1.29, 1.82) is 0 Å². The summed E-state index contributed by atoms with van der Waals surface area (Å²) in [6, 6.07) is 8.19. The average molecular weight is 268 g/mol. The Hall–Kier alpha value is -1.07. The van der Waals surface area contributed by atoms with Gasteiger partial charge in [0, 0.05) is 13.1 Å². The molecule has 100 valence electrons. The SMILES string of the molecule is CN(c1ccccc1CC1CCCN1)S(C)(=O)=O. The fourth-order valence-corrected chi connectivity index (χ4v) is 2.90. The molecule has 1 aromatic rings. The fraction of sp³-hybridized carbons (Fsp3) is 0.538. The van der Waals surface area contributed by atoms with Crippen LogP contribution in [0.25, 0.3) is 0 Å². The number of nitrogens with one attached hydrogen (secondary N) is 1. The zero-order valence-corrected chi connectivity index (χ0v) is 11.7. The smallest absolute Gasteiger partial charge is 0.232 e. The maximum atomic E-state index is 11.6. The number of anilines is 1. The molecule has 0 amide bonds. The molecule has 1 atom stereocenters. The van der Waals surface area contributed by atoms with E-state index in [1.54, 1.807) is 7.05 Å². The summed E-state index contributed by atoms with van der Waals surface area (Å²) < 4.78 is 24.6. The van der Waals surface area contributed by atoms with Crippen molar-refractivity contribution in [2.45, 2.75) is 25.3 Å². The molecule has 0 saturated carbocycles. The normalized spacial score (nSPS) is 20.0. The Bertz CT molecular complexity index is 507. The molecule has 2 rings (SSSR count). The molecule has 1 aromatic carbocycles. The lowest BCUT2D eigenvalue weighted by atomic mass is 10.0. The molecule has 1 aliphatic rings. The van der Waals surface area contributed by atoms with E-state index in [2.05, 4.69) is 5.32 Å². The highest BCUT2D eigenvalue weighted by molar-refractivity contribution is 7.92. The van der Waals surface area contributed by atoms with Crippen molar-refractivity contribution in [3.05, 3.63) is 29.8 Å². The summed E-state index contributed by atoms with van der Waals surface area (Å²) >= 11 is 0. The van der Waals surface area contributed by atoms with Crippen LogP contribution in [0.3, 0.4) is 0 Å². The third-order valence-corrected chi connectivity index (χ3v) is 4.65. The minimum absolute atomic E-state index is 0.471. The highest BCUT2D eigenvalue weighted by Gasteiger charge is 2.19. The highest BCUT2D eigenvalue weighted by atomic mass is 32.2. The minimum Gasteiger partial charge on any atom is -0.314 e. The van der Waals surface area contributed by atoms with E-state index in [0.717, 1.165) is 30.6 Å². The molecule has 0 aliphatic carbocycles. The largest absolute Gasteiger partial charge is 0.314 e.